The van der Waals surface area contributed by atoms with Crippen molar-refractivity contribution in [1.29, 1.82) is 0 Å². The first kappa shape index (κ1) is 8.10. The Balaban J connectivity index is 2.23. The molecule has 0 aliphatic carbocycles. The minimum absolute atomic E-state index is 0.133. The second-order valence-electron chi connectivity index (χ2n) is 3.26. The molecule has 1 atom stereocenters. The molecule has 0 saturated heterocycles. The molecule has 13 heavy (non-hydrogen) atoms. The Morgan fingerprint density at radius 1 is 1.54 bits per heavy atom. The lowest BCUT2D eigenvalue weighted by molar-refractivity contribution is -0.137. The van der Waals surface area contributed by atoms with E-state index in [9.17, 15) is 4.79 Å². The van der Waals surface area contributed by atoms with Gasteiger partial charge in [-0.2, -0.15) is 0 Å². The third-order valence-electron chi connectivity index (χ3n) is 2.36. The van der Waals surface area contributed by atoms with Crippen LogP contribution < -0.4 is 5.32 Å². The fraction of sp³-hybridized carbons (Fsp3) is 0.300. The predicted octanol–water partition coefficient (Wildman–Crippen LogP) is 1.67. The molecule has 1 heterocycles. The molecule has 3 heteroatoms. The van der Waals surface area contributed by atoms with Gasteiger partial charge in [0.15, 0.2) is 0 Å². The molecule has 1 aromatic carbocycles. The summed E-state index contributed by atoms with van der Waals surface area (Å²) in [5, 5.41) is 11.9. The summed E-state index contributed by atoms with van der Waals surface area (Å²) in [4.78, 5) is 10.5. The summed E-state index contributed by atoms with van der Waals surface area (Å²) in [6, 6.07) is 7.87. The van der Waals surface area contributed by atoms with Gasteiger partial charge in [-0.15, -0.1) is 0 Å². The van der Waals surface area contributed by atoms with Crippen LogP contribution in [0.4, 0.5) is 5.69 Å². The molecule has 1 aromatic rings. The number of anilines is 1. The van der Waals surface area contributed by atoms with Crippen LogP contribution in [0.15, 0.2) is 24.3 Å². The van der Waals surface area contributed by atoms with Crippen LogP contribution in [-0.2, 0) is 4.79 Å². The molecule has 68 valence electrons. The third-order valence-corrected chi connectivity index (χ3v) is 2.36. The summed E-state index contributed by atoms with van der Waals surface area (Å²) < 4.78 is 0. The molecule has 0 radical (unpaired) electrons. The number of hydrogen-bond donors (Lipinski definition) is 2. The lowest BCUT2D eigenvalue weighted by Gasteiger charge is -2.05. The molecule has 1 aliphatic heterocycles. The zero-order valence-corrected chi connectivity index (χ0v) is 7.16. The normalized spacial score (nSPS) is 19.2. The SMILES string of the molecule is O=C(O)CC1CNc2ccccc21. The topological polar surface area (TPSA) is 49.3 Å². The van der Waals surface area contributed by atoms with E-state index in [0.717, 1.165) is 17.8 Å². The summed E-state index contributed by atoms with van der Waals surface area (Å²) in [7, 11) is 0. The van der Waals surface area contributed by atoms with E-state index in [2.05, 4.69) is 5.32 Å². The Bertz CT molecular complexity index is 335. The van der Waals surface area contributed by atoms with Gasteiger partial charge in [-0.05, 0) is 11.6 Å². The van der Waals surface area contributed by atoms with Gasteiger partial charge in [-0.25, -0.2) is 0 Å². The average molecular weight is 177 g/mol. The quantitative estimate of drug-likeness (QED) is 0.722. The number of carbonyl (C=O) groups is 1. The van der Waals surface area contributed by atoms with E-state index < -0.39 is 5.97 Å². The molecule has 2 rings (SSSR count). The monoisotopic (exact) mass is 177 g/mol. The molecule has 0 aromatic heterocycles. The van der Waals surface area contributed by atoms with Gasteiger partial charge in [0.25, 0.3) is 0 Å². The highest BCUT2D eigenvalue weighted by molar-refractivity contribution is 5.70. The van der Waals surface area contributed by atoms with E-state index >= 15 is 0 Å². The van der Waals surface area contributed by atoms with Crippen LogP contribution in [-0.4, -0.2) is 17.6 Å². The van der Waals surface area contributed by atoms with Crippen molar-refractivity contribution in [2.75, 3.05) is 11.9 Å². The summed E-state index contributed by atoms with van der Waals surface area (Å²) >= 11 is 0. The van der Waals surface area contributed by atoms with Crippen molar-refractivity contribution >= 4 is 11.7 Å². The van der Waals surface area contributed by atoms with Gasteiger partial charge in [0.1, 0.15) is 0 Å². The fourth-order valence-electron chi connectivity index (χ4n) is 1.75. The number of rotatable bonds is 2. The van der Waals surface area contributed by atoms with E-state index in [-0.39, 0.29) is 12.3 Å². The summed E-state index contributed by atoms with van der Waals surface area (Å²) in [6.45, 7) is 0.742. The second kappa shape index (κ2) is 3.09. The maximum atomic E-state index is 10.5. The highest BCUT2D eigenvalue weighted by atomic mass is 16.4. The van der Waals surface area contributed by atoms with Crippen LogP contribution >= 0.6 is 0 Å². The van der Waals surface area contributed by atoms with E-state index in [1.165, 1.54) is 0 Å². The second-order valence-corrected chi connectivity index (χ2v) is 3.26. The van der Waals surface area contributed by atoms with Gasteiger partial charge in [-0.3, -0.25) is 4.79 Å². The summed E-state index contributed by atoms with van der Waals surface area (Å²) in [6.07, 6.45) is 0.212. The van der Waals surface area contributed by atoms with Crippen molar-refractivity contribution in [1.82, 2.24) is 0 Å². The molecule has 0 fully saturated rings. The number of aliphatic carboxylic acids is 1. The summed E-state index contributed by atoms with van der Waals surface area (Å²) in [5.74, 6) is -0.600. The van der Waals surface area contributed by atoms with Crippen LogP contribution in [0.2, 0.25) is 0 Å². The average Bonchev–Trinajstić information content (AvgIpc) is 2.48. The Kier molecular flexibility index (Phi) is 1.93. The standard InChI is InChI=1S/C10H11NO2/c12-10(13)5-7-6-11-9-4-2-1-3-8(7)9/h1-4,7,11H,5-6H2,(H,12,13). The molecule has 0 bridgehead atoms. The minimum atomic E-state index is -0.733. The Morgan fingerprint density at radius 3 is 3.08 bits per heavy atom. The number of nitrogens with one attached hydrogen (secondary N) is 1. The fourth-order valence-corrected chi connectivity index (χ4v) is 1.75. The Hall–Kier alpha value is -1.51. The highest BCUT2D eigenvalue weighted by Gasteiger charge is 2.23. The first-order chi connectivity index (χ1) is 6.27. The first-order valence-electron chi connectivity index (χ1n) is 4.32. The number of hydrogen-bond acceptors (Lipinski definition) is 2. The molecule has 0 saturated carbocycles. The molecular weight excluding hydrogens is 166 g/mol. The van der Waals surface area contributed by atoms with Crippen molar-refractivity contribution in [2.45, 2.75) is 12.3 Å². The predicted molar refractivity (Wildman–Crippen MR) is 49.9 cm³/mol. The molecule has 1 unspecified atom stereocenters. The molecule has 0 spiro atoms. The number of carboxylic acid groups (broad SMARTS) is 1. The van der Waals surface area contributed by atoms with Gasteiger partial charge in [0, 0.05) is 18.2 Å². The van der Waals surface area contributed by atoms with Crippen LogP contribution in [0.3, 0.4) is 0 Å². The molecular formula is C10H11NO2. The highest BCUT2D eigenvalue weighted by Crippen LogP contribution is 2.32. The van der Waals surface area contributed by atoms with Gasteiger partial charge >= 0.3 is 5.97 Å². The van der Waals surface area contributed by atoms with Crippen molar-refractivity contribution < 1.29 is 9.90 Å². The number of carboxylic acids is 1. The zero-order valence-electron chi connectivity index (χ0n) is 7.16. The van der Waals surface area contributed by atoms with Crippen LogP contribution in [0, 0.1) is 0 Å². The van der Waals surface area contributed by atoms with Crippen LogP contribution in [0.5, 0.6) is 0 Å². The Morgan fingerprint density at radius 2 is 2.31 bits per heavy atom. The van der Waals surface area contributed by atoms with Crippen molar-refractivity contribution in [3.8, 4) is 0 Å². The summed E-state index contributed by atoms with van der Waals surface area (Å²) in [5.41, 5.74) is 2.21. The minimum Gasteiger partial charge on any atom is -0.481 e. The van der Waals surface area contributed by atoms with Crippen LogP contribution in [0.1, 0.15) is 17.9 Å². The number of para-hydroxylation sites is 1. The molecule has 1 aliphatic rings. The number of benzene rings is 1. The van der Waals surface area contributed by atoms with Gasteiger partial charge in [0.2, 0.25) is 0 Å². The lowest BCUT2D eigenvalue weighted by Crippen LogP contribution is -2.07. The van der Waals surface area contributed by atoms with E-state index in [1.54, 1.807) is 0 Å². The maximum absolute atomic E-state index is 10.5. The molecule has 0 amide bonds. The van der Waals surface area contributed by atoms with E-state index in [0.29, 0.717) is 0 Å². The Labute approximate surface area is 76.4 Å². The molecule has 3 nitrogen and oxygen atoms in total. The van der Waals surface area contributed by atoms with E-state index in [1.807, 2.05) is 24.3 Å². The first-order valence-corrected chi connectivity index (χ1v) is 4.32. The largest absolute Gasteiger partial charge is 0.481 e. The third kappa shape index (κ3) is 1.49. The zero-order chi connectivity index (χ0) is 9.26. The van der Waals surface area contributed by atoms with Crippen molar-refractivity contribution in [2.24, 2.45) is 0 Å². The lowest BCUT2D eigenvalue weighted by atomic mass is 9.98. The van der Waals surface area contributed by atoms with Gasteiger partial charge in [-0.1, -0.05) is 18.2 Å². The van der Waals surface area contributed by atoms with Crippen molar-refractivity contribution in [3.63, 3.8) is 0 Å². The molecule has 2 N–H and O–H groups in total. The van der Waals surface area contributed by atoms with Crippen LogP contribution in [0.25, 0.3) is 0 Å². The smallest absolute Gasteiger partial charge is 0.304 e. The number of fused-ring (bicyclic) bond motifs is 1. The van der Waals surface area contributed by atoms with Gasteiger partial charge < -0.3 is 10.4 Å². The van der Waals surface area contributed by atoms with E-state index in [4.69, 9.17) is 5.11 Å². The van der Waals surface area contributed by atoms with Crippen molar-refractivity contribution in [3.05, 3.63) is 29.8 Å². The van der Waals surface area contributed by atoms with Gasteiger partial charge in [0.05, 0.1) is 6.42 Å². The maximum Gasteiger partial charge on any atom is 0.304 e.